The van der Waals surface area contributed by atoms with Crippen LogP contribution in [-0.2, 0) is 0 Å². The Kier molecular flexibility index (Phi) is 7.03. The zero-order valence-corrected chi connectivity index (χ0v) is 21.6. The van der Waals surface area contributed by atoms with Gasteiger partial charge in [0.05, 0.1) is 5.56 Å². The molecule has 0 heterocycles. The van der Waals surface area contributed by atoms with E-state index in [0.717, 1.165) is 33.4 Å². The molecule has 35 heavy (non-hydrogen) atoms. The first-order valence-corrected chi connectivity index (χ1v) is 12.6. The summed E-state index contributed by atoms with van der Waals surface area (Å²) in [5.41, 5.74) is 8.46. The number of phenols is 2. The topological polar surface area (TPSA) is 40.5 Å². The van der Waals surface area contributed by atoms with Gasteiger partial charge in [0.2, 0.25) is 0 Å². The summed E-state index contributed by atoms with van der Waals surface area (Å²) >= 11 is 0. The van der Waals surface area contributed by atoms with Crippen molar-refractivity contribution in [1.82, 2.24) is 0 Å². The van der Waals surface area contributed by atoms with E-state index >= 15 is 0 Å². The van der Waals surface area contributed by atoms with Crippen molar-refractivity contribution in [3.8, 4) is 44.9 Å². The van der Waals surface area contributed by atoms with Gasteiger partial charge in [-0.25, -0.2) is 0 Å². The molecule has 180 valence electrons. The Morgan fingerprint density at radius 1 is 0.457 bits per heavy atom. The van der Waals surface area contributed by atoms with Crippen LogP contribution in [-0.4, -0.2) is 10.2 Å². The van der Waals surface area contributed by atoms with Crippen LogP contribution < -0.4 is 0 Å². The Balaban J connectivity index is 2.16. The number of phenolic OH excluding ortho intramolecular Hbond substituents is 2. The van der Waals surface area contributed by atoms with Gasteiger partial charge in [-0.05, 0) is 62.8 Å². The van der Waals surface area contributed by atoms with Gasteiger partial charge in [0.1, 0.15) is 11.5 Å². The van der Waals surface area contributed by atoms with Gasteiger partial charge < -0.3 is 10.2 Å². The quantitative estimate of drug-likeness (QED) is 0.298. The molecule has 0 saturated carbocycles. The van der Waals surface area contributed by atoms with Crippen LogP contribution in [0.3, 0.4) is 0 Å². The Morgan fingerprint density at radius 3 is 1.29 bits per heavy atom. The summed E-state index contributed by atoms with van der Waals surface area (Å²) < 4.78 is 0. The number of benzene rings is 4. The number of rotatable bonds is 6. The van der Waals surface area contributed by atoms with E-state index in [1.165, 1.54) is 11.1 Å². The van der Waals surface area contributed by atoms with Crippen LogP contribution in [0.4, 0.5) is 0 Å². The first kappa shape index (κ1) is 24.6. The van der Waals surface area contributed by atoms with Crippen LogP contribution in [0.15, 0.2) is 78.9 Å². The maximum Gasteiger partial charge on any atom is 0.135 e. The standard InChI is InChI=1S/C33H36O2/c1-20(2)23-13-7-10-16-26(23)29-19-30(34)32(28-18-12-9-15-25(28)22(5)6)33(35)31(29)27-17-11-8-14-24(27)21(3)4/h7-22,34-35H,1-6H3. The molecule has 4 aromatic rings. The van der Waals surface area contributed by atoms with Crippen molar-refractivity contribution in [2.24, 2.45) is 0 Å². The first-order chi connectivity index (χ1) is 16.7. The van der Waals surface area contributed by atoms with Crippen molar-refractivity contribution in [3.05, 3.63) is 95.6 Å². The third-order valence-corrected chi connectivity index (χ3v) is 6.86. The van der Waals surface area contributed by atoms with E-state index in [0.29, 0.717) is 11.5 Å². The SMILES string of the molecule is CC(C)c1ccccc1-c1cc(O)c(-c2ccccc2C(C)C)c(O)c1-c1ccccc1C(C)C. The summed E-state index contributed by atoms with van der Waals surface area (Å²) in [6.45, 7) is 13.0. The minimum Gasteiger partial charge on any atom is -0.507 e. The summed E-state index contributed by atoms with van der Waals surface area (Å²) in [7, 11) is 0. The Labute approximate surface area is 209 Å². The van der Waals surface area contributed by atoms with E-state index in [-0.39, 0.29) is 23.3 Å². The summed E-state index contributed by atoms with van der Waals surface area (Å²) in [6, 6.07) is 26.5. The van der Waals surface area contributed by atoms with E-state index in [1.54, 1.807) is 0 Å². The molecule has 2 heteroatoms. The molecule has 0 bridgehead atoms. The highest BCUT2D eigenvalue weighted by Crippen LogP contribution is 2.52. The average molecular weight is 465 g/mol. The van der Waals surface area contributed by atoms with E-state index < -0.39 is 0 Å². The fourth-order valence-electron chi connectivity index (χ4n) is 5.11. The molecule has 0 aromatic heterocycles. The highest BCUT2D eigenvalue weighted by Gasteiger charge is 2.26. The second kappa shape index (κ2) is 10.00. The number of hydrogen-bond acceptors (Lipinski definition) is 2. The molecule has 0 aliphatic heterocycles. The maximum atomic E-state index is 12.0. The van der Waals surface area contributed by atoms with Crippen molar-refractivity contribution in [2.75, 3.05) is 0 Å². The molecule has 0 aliphatic rings. The van der Waals surface area contributed by atoms with E-state index in [2.05, 4.69) is 71.9 Å². The van der Waals surface area contributed by atoms with Gasteiger partial charge in [-0.3, -0.25) is 0 Å². The normalized spacial score (nSPS) is 11.6. The van der Waals surface area contributed by atoms with Gasteiger partial charge in [-0.15, -0.1) is 0 Å². The average Bonchev–Trinajstić information content (AvgIpc) is 2.84. The van der Waals surface area contributed by atoms with Crippen molar-refractivity contribution in [1.29, 1.82) is 0 Å². The van der Waals surface area contributed by atoms with Gasteiger partial charge in [0, 0.05) is 5.56 Å². The number of hydrogen-bond donors (Lipinski definition) is 2. The molecule has 0 aliphatic carbocycles. The Bertz CT molecular complexity index is 1350. The molecule has 0 amide bonds. The monoisotopic (exact) mass is 464 g/mol. The molecule has 2 N–H and O–H groups in total. The molecule has 4 aromatic carbocycles. The fourth-order valence-corrected chi connectivity index (χ4v) is 5.11. The molecule has 0 radical (unpaired) electrons. The number of aromatic hydroxyl groups is 2. The lowest BCUT2D eigenvalue weighted by atomic mass is 9.82. The molecular formula is C33H36O2. The molecule has 0 fully saturated rings. The predicted molar refractivity (Wildman–Crippen MR) is 148 cm³/mol. The molecule has 4 rings (SSSR count). The van der Waals surface area contributed by atoms with Crippen molar-refractivity contribution < 1.29 is 10.2 Å². The van der Waals surface area contributed by atoms with Crippen molar-refractivity contribution in [3.63, 3.8) is 0 Å². The minimum atomic E-state index is 0.0925. The third kappa shape index (κ3) is 4.58. The van der Waals surface area contributed by atoms with Gasteiger partial charge in [0.25, 0.3) is 0 Å². The lowest BCUT2D eigenvalue weighted by Gasteiger charge is -2.24. The Hall–Kier alpha value is -3.52. The van der Waals surface area contributed by atoms with Gasteiger partial charge in [-0.2, -0.15) is 0 Å². The van der Waals surface area contributed by atoms with Crippen LogP contribution in [0.25, 0.3) is 33.4 Å². The summed E-state index contributed by atoms with van der Waals surface area (Å²) in [5.74, 6) is 1.04. The molecular weight excluding hydrogens is 428 g/mol. The zero-order chi connectivity index (χ0) is 25.3. The van der Waals surface area contributed by atoms with E-state index in [1.807, 2.05) is 48.5 Å². The largest absolute Gasteiger partial charge is 0.507 e. The molecule has 0 spiro atoms. The highest BCUT2D eigenvalue weighted by atomic mass is 16.3. The summed E-state index contributed by atoms with van der Waals surface area (Å²) in [6.07, 6.45) is 0. The summed E-state index contributed by atoms with van der Waals surface area (Å²) in [5, 5.41) is 23.4. The molecule has 0 atom stereocenters. The van der Waals surface area contributed by atoms with Crippen LogP contribution in [0, 0.1) is 0 Å². The van der Waals surface area contributed by atoms with Crippen LogP contribution in [0.5, 0.6) is 11.5 Å². The van der Waals surface area contributed by atoms with Crippen LogP contribution >= 0.6 is 0 Å². The second-order valence-corrected chi connectivity index (χ2v) is 10.3. The van der Waals surface area contributed by atoms with E-state index in [4.69, 9.17) is 0 Å². The van der Waals surface area contributed by atoms with Gasteiger partial charge in [-0.1, -0.05) is 114 Å². The van der Waals surface area contributed by atoms with Crippen molar-refractivity contribution >= 4 is 0 Å². The molecule has 0 saturated heterocycles. The lowest BCUT2D eigenvalue weighted by Crippen LogP contribution is -2.00. The second-order valence-electron chi connectivity index (χ2n) is 10.3. The third-order valence-electron chi connectivity index (χ3n) is 6.86. The molecule has 0 unspecified atom stereocenters. The lowest BCUT2D eigenvalue weighted by molar-refractivity contribution is 0.455. The van der Waals surface area contributed by atoms with Crippen LogP contribution in [0.1, 0.15) is 76.0 Å². The fraction of sp³-hybridized carbons (Fsp3) is 0.273. The zero-order valence-electron chi connectivity index (χ0n) is 21.6. The Morgan fingerprint density at radius 2 is 0.829 bits per heavy atom. The first-order valence-electron chi connectivity index (χ1n) is 12.6. The smallest absolute Gasteiger partial charge is 0.135 e. The molecule has 2 nitrogen and oxygen atoms in total. The minimum absolute atomic E-state index is 0.0925. The highest BCUT2D eigenvalue weighted by molar-refractivity contribution is 5.97. The van der Waals surface area contributed by atoms with Gasteiger partial charge in [0.15, 0.2) is 0 Å². The summed E-state index contributed by atoms with van der Waals surface area (Å²) in [4.78, 5) is 0. The van der Waals surface area contributed by atoms with Crippen molar-refractivity contribution in [2.45, 2.75) is 59.3 Å². The van der Waals surface area contributed by atoms with Gasteiger partial charge >= 0.3 is 0 Å². The predicted octanol–water partition coefficient (Wildman–Crippen LogP) is 9.47. The van der Waals surface area contributed by atoms with E-state index in [9.17, 15) is 10.2 Å². The van der Waals surface area contributed by atoms with Crippen LogP contribution in [0.2, 0.25) is 0 Å². The maximum absolute atomic E-state index is 12.0.